The monoisotopic (exact) mass is 648 g/mol. The van der Waals surface area contributed by atoms with Crippen LogP contribution in [-0.2, 0) is 33.2 Å². The van der Waals surface area contributed by atoms with Gasteiger partial charge in [0.05, 0.1) is 30.8 Å². The molecule has 3 heterocycles. The molecule has 0 amide bonds. The second-order valence-corrected chi connectivity index (χ2v) is 12.7. The second-order valence-electron chi connectivity index (χ2n) is 12.2. The van der Waals surface area contributed by atoms with Gasteiger partial charge in [-0.1, -0.05) is 48.0 Å². The smallest absolute Gasteiger partial charge is 0.311 e. The lowest BCUT2D eigenvalue weighted by Gasteiger charge is -2.48. The lowest BCUT2D eigenvalue weighted by Crippen LogP contribution is -2.61. The summed E-state index contributed by atoms with van der Waals surface area (Å²) in [6.07, 6.45) is 2.49. The highest BCUT2D eigenvalue weighted by atomic mass is 79.9. The fraction of sp³-hybridized carbons (Fsp3) is 0.833. The molecule has 0 unspecified atom stereocenters. The number of fused-ring (bicyclic) bond motifs is 2. The van der Waals surface area contributed by atoms with Gasteiger partial charge in [-0.15, -0.1) is 0 Å². The van der Waals surface area contributed by atoms with Crippen molar-refractivity contribution in [3.63, 3.8) is 0 Å². The molecular formula is C30H49BrO10. The third-order valence-electron chi connectivity index (χ3n) is 8.81. The van der Waals surface area contributed by atoms with Crippen LogP contribution in [0.2, 0.25) is 0 Å². The molecule has 12 atom stereocenters. The van der Waals surface area contributed by atoms with Gasteiger partial charge in [0.25, 0.3) is 0 Å². The topological polar surface area (TPSA) is 133 Å². The van der Waals surface area contributed by atoms with Crippen LogP contribution in [0.4, 0.5) is 0 Å². The predicted octanol–water partition coefficient (Wildman–Crippen LogP) is 3.74. The van der Waals surface area contributed by atoms with E-state index in [9.17, 15) is 20.1 Å². The quantitative estimate of drug-likeness (QED) is 0.264. The normalized spacial score (nSPS) is 44.9. The summed E-state index contributed by atoms with van der Waals surface area (Å²) in [7, 11) is 3.03. The number of allylic oxidation sites excluding steroid dienone is 3. The van der Waals surface area contributed by atoms with E-state index < -0.39 is 72.8 Å². The lowest BCUT2D eigenvalue weighted by molar-refractivity contribution is -0.346. The minimum Gasteiger partial charge on any atom is -0.459 e. The summed E-state index contributed by atoms with van der Waals surface area (Å²) in [5, 5.41) is 33.7. The summed E-state index contributed by atoms with van der Waals surface area (Å²) < 4.78 is 35.4. The first-order valence-corrected chi connectivity index (χ1v) is 15.5. The summed E-state index contributed by atoms with van der Waals surface area (Å²) in [5.41, 5.74) is -0.927. The van der Waals surface area contributed by atoms with Gasteiger partial charge in [0.1, 0.15) is 23.9 Å². The zero-order valence-electron chi connectivity index (χ0n) is 25.1. The van der Waals surface area contributed by atoms with Crippen molar-refractivity contribution in [2.45, 2.75) is 133 Å². The van der Waals surface area contributed by atoms with Crippen LogP contribution >= 0.6 is 15.9 Å². The van der Waals surface area contributed by atoms with Gasteiger partial charge in [-0.05, 0) is 50.4 Å². The third-order valence-corrected chi connectivity index (χ3v) is 9.12. The van der Waals surface area contributed by atoms with Crippen LogP contribution < -0.4 is 0 Å². The zero-order valence-corrected chi connectivity index (χ0v) is 26.7. The van der Waals surface area contributed by atoms with Gasteiger partial charge in [-0.2, -0.15) is 0 Å². The maximum atomic E-state index is 13.3. The van der Waals surface area contributed by atoms with Crippen LogP contribution in [0.5, 0.6) is 0 Å². The van der Waals surface area contributed by atoms with Crippen LogP contribution in [0, 0.1) is 11.8 Å². The van der Waals surface area contributed by atoms with Crippen molar-refractivity contribution >= 4 is 21.9 Å². The molecule has 3 aliphatic rings. The van der Waals surface area contributed by atoms with Crippen LogP contribution in [0.25, 0.3) is 0 Å². The summed E-state index contributed by atoms with van der Waals surface area (Å²) in [6, 6.07) is 0. The third kappa shape index (κ3) is 9.06. The molecule has 0 spiro atoms. The number of carbonyl (C=O) groups is 1. The second kappa shape index (κ2) is 15.2. The van der Waals surface area contributed by atoms with Crippen molar-refractivity contribution in [1.29, 1.82) is 0 Å². The molecule has 0 aromatic carbocycles. The Hall–Kier alpha value is -0.890. The number of cyclic esters (lactones) is 1. The lowest BCUT2D eigenvalue weighted by atomic mass is 9.81. The highest BCUT2D eigenvalue weighted by molar-refractivity contribution is 9.11. The molecule has 3 aliphatic heterocycles. The van der Waals surface area contributed by atoms with E-state index in [-0.39, 0.29) is 18.3 Å². The number of hydrogen-bond donors (Lipinski definition) is 3. The van der Waals surface area contributed by atoms with E-state index in [4.69, 9.17) is 28.4 Å². The number of rotatable bonds is 8. The summed E-state index contributed by atoms with van der Waals surface area (Å²) in [6.45, 7) is 7.57. The van der Waals surface area contributed by atoms with Crippen molar-refractivity contribution in [2.75, 3.05) is 14.2 Å². The summed E-state index contributed by atoms with van der Waals surface area (Å²) in [5.74, 6) is -2.74. The SMILES string of the molecule is CO[C@@H]1[C@@H](OC)[C@@H](O)[C@H](O[C@H]2C[C@@]3(O)CC(=O)O[C@](C)(CC/C=C/C=C/Br)C[C@H](O)[C@@H](C)CC[C@H](O3)[C@@H]2C)O[C@H]1C. The number of carbonyl (C=O) groups excluding carboxylic acids is 1. The average molecular weight is 650 g/mol. The molecule has 0 aromatic rings. The predicted molar refractivity (Wildman–Crippen MR) is 155 cm³/mol. The molecule has 0 saturated carbocycles. The van der Waals surface area contributed by atoms with E-state index in [0.29, 0.717) is 32.1 Å². The van der Waals surface area contributed by atoms with E-state index in [1.807, 2.05) is 45.9 Å². The Balaban J connectivity index is 1.81. The summed E-state index contributed by atoms with van der Waals surface area (Å²) >= 11 is 3.23. The van der Waals surface area contributed by atoms with Gasteiger partial charge in [-0.3, -0.25) is 4.79 Å². The minimum atomic E-state index is -1.83. The fourth-order valence-corrected chi connectivity index (χ4v) is 6.43. The first kappa shape index (κ1) is 34.6. The van der Waals surface area contributed by atoms with E-state index in [0.717, 1.165) is 0 Å². The molecule has 10 nitrogen and oxygen atoms in total. The average Bonchev–Trinajstić information content (AvgIpc) is 2.90. The van der Waals surface area contributed by atoms with Crippen molar-refractivity contribution in [1.82, 2.24) is 0 Å². The number of esters is 1. The van der Waals surface area contributed by atoms with Gasteiger partial charge >= 0.3 is 5.97 Å². The first-order valence-electron chi connectivity index (χ1n) is 14.6. The van der Waals surface area contributed by atoms with Crippen molar-refractivity contribution in [2.24, 2.45) is 11.8 Å². The van der Waals surface area contributed by atoms with Gasteiger partial charge in [0.2, 0.25) is 0 Å². The molecule has 2 bridgehead atoms. The first-order chi connectivity index (χ1) is 19.3. The molecule has 11 heteroatoms. The molecule has 41 heavy (non-hydrogen) atoms. The Morgan fingerprint density at radius 3 is 2.44 bits per heavy atom. The van der Waals surface area contributed by atoms with Crippen LogP contribution in [0.3, 0.4) is 0 Å². The number of methoxy groups -OCH3 is 2. The highest BCUT2D eigenvalue weighted by Gasteiger charge is 2.51. The number of aliphatic hydroxyl groups is 3. The van der Waals surface area contributed by atoms with Crippen molar-refractivity contribution in [3.05, 3.63) is 23.2 Å². The fourth-order valence-electron chi connectivity index (χ4n) is 6.25. The number of aliphatic hydroxyl groups excluding tert-OH is 2. The maximum Gasteiger partial charge on any atom is 0.311 e. The van der Waals surface area contributed by atoms with E-state index in [2.05, 4.69) is 15.9 Å². The molecule has 3 rings (SSSR count). The Morgan fingerprint density at radius 2 is 1.78 bits per heavy atom. The van der Waals surface area contributed by atoms with Crippen molar-refractivity contribution < 1.29 is 48.5 Å². The largest absolute Gasteiger partial charge is 0.459 e. The molecular weight excluding hydrogens is 600 g/mol. The molecule has 0 radical (unpaired) electrons. The maximum absolute atomic E-state index is 13.3. The molecule has 3 N–H and O–H groups in total. The Bertz CT molecular complexity index is 900. The molecule has 236 valence electrons. The molecule has 0 aliphatic carbocycles. The van der Waals surface area contributed by atoms with Gasteiger partial charge in [0.15, 0.2) is 12.1 Å². The van der Waals surface area contributed by atoms with Crippen LogP contribution in [0.15, 0.2) is 23.2 Å². The minimum absolute atomic E-state index is 0.0113. The van der Waals surface area contributed by atoms with Crippen LogP contribution in [0.1, 0.15) is 72.6 Å². The molecule has 3 saturated heterocycles. The number of hydrogen-bond acceptors (Lipinski definition) is 10. The number of halogens is 1. The van der Waals surface area contributed by atoms with Gasteiger partial charge in [-0.25, -0.2) is 0 Å². The molecule has 3 fully saturated rings. The highest BCUT2D eigenvalue weighted by Crippen LogP contribution is 2.41. The zero-order chi connectivity index (χ0) is 30.4. The van der Waals surface area contributed by atoms with E-state index >= 15 is 0 Å². The summed E-state index contributed by atoms with van der Waals surface area (Å²) in [4.78, 5) is 15.0. The van der Waals surface area contributed by atoms with Gasteiger partial charge in [0, 0.05) is 33.0 Å². The standard InChI is InChI=1S/C30H49BrO10/c1-18-11-12-22-19(2)23(39-28-25(34)27(37-6)26(36-5)20(3)38-28)16-30(35,40-22)17-24(33)41-29(4,15-21(18)32)13-9-7-8-10-14-31/h7-8,10,14,18-23,25-28,32,34-35H,9,11-13,15-17H2,1-6H3/b8-7+,14-10+/t18-,19-,20-,21-,22-,23-,25+,26-,27-,28-,29+,30-/m0/s1. The molecule has 0 aromatic heterocycles. The van der Waals surface area contributed by atoms with E-state index in [1.165, 1.54) is 14.2 Å². The van der Waals surface area contributed by atoms with Crippen LogP contribution in [-0.4, -0.2) is 95.9 Å². The Morgan fingerprint density at radius 1 is 1.07 bits per heavy atom. The number of ether oxygens (including phenoxy) is 6. The van der Waals surface area contributed by atoms with E-state index in [1.54, 1.807) is 4.99 Å². The Kier molecular flexibility index (Phi) is 12.8. The Labute approximate surface area is 252 Å². The van der Waals surface area contributed by atoms with Gasteiger partial charge < -0.3 is 43.7 Å². The van der Waals surface area contributed by atoms with Crippen molar-refractivity contribution in [3.8, 4) is 0 Å².